The molecule has 1 aromatic carbocycles. The number of rotatable bonds is 7. The lowest BCUT2D eigenvalue weighted by Crippen LogP contribution is -2.08. The van der Waals surface area contributed by atoms with Crippen LogP contribution in [-0.4, -0.2) is 19.7 Å². The van der Waals surface area contributed by atoms with Gasteiger partial charge in [-0.3, -0.25) is 4.79 Å². The number of ether oxygens (including phenoxy) is 2. The van der Waals surface area contributed by atoms with E-state index in [1.54, 1.807) is 0 Å². The number of methoxy groups -OCH3 is 1. The summed E-state index contributed by atoms with van der Waals surface area (Å²) in [4.78, 5) is 11.4. The van der Waals surface area contributed by atoms with Crippen LogP contribution in [0.1, 0.15) is 44.6 Å². The highest BCUT2D eigenvalue weighted by Gasteiger charge is 2.16. The van der Waals surface area contributed by atoms with Gasteiger partial charge in [0, 0.05) is 4.47 Å². The van der Waals surface area contributed by atoms with Crippen molar-refractivity contribution < 1.29 is 14.3 Å². The minimum atomic E-state index is -0.202. The fraction of sp³-hybridized carbons (Fsp3) is 0.533. The highest BCUT2D eigenvalue weighted by Crippen LogP contribution is 2.32. The summed E-state index contributed by atoms with van der Waals surface area (Å²) in [6.45, 7) is 4.84. The number of hydrogen-bond acceptors (Lipinski definition) is 3. The number of unbranched alkanes of at least 4 members (excludes halogenated alkanes) is 1. The summed E-state index contributed by atoms with van der Waals surface area (Å²) in [6, 6.07) is 5.91. The molecule has 4 heteroatoms. The van der Waals surface area contributed by atoms with Gasteiger partial charge in [0.25, 0.3) is 0 Å². The summed E-state index contributed by atoms with van der Waals surface area (Å²) < 4.78 is 11.5. The first-order valence-electron chi connectivity index (χ1n) is 6.57. The lowest BCUT2D eigenvalue weighted by molar-refractivity contribution is -0.140. The average Bonchev–Trinajstić information content (AvgIpc) is 2.40. The monoisotopic (exact) mass is 328 g/mol. The van der Waals surface area contributed by atoms with Crippen LogP contribution in [0.3, 0.4) is 0 Å². The van der Waals surface area contributed by atoms with Crippen molar-refractivity contribution in [1.29, 1.82) is 0 Å². The molecule has 3 nitrogen and oxygen atoms in total. The van der Waals surface area contributed by atoms with Crippen LogP contribution in [0.2, 0.25) is 0 Å². The van der Waals surface area contributed by atoms with Crippen molar-refractivity contribution in [2.24, 2.45) is 0 Å². The highest BCUT2D eigenvalue weighted by molar-refractivity contribution is 9.10. The summed E-state index contributed by atoms with van der Waals surface area (Å²) in [7, 11) is 1.41. The van der Waals surface area contributed by atoms with Crippen molar-refractivity contribution in [1.82, 2.24) is 0 Å². The molecule has 0 spiro atoms. The molecule has 106 valence electrons. The molecule has 1 aromatic rings. The fourth-order valence-electron chi connectivity index (χ4n) is 1.81. The summed E-state index contributed by atoms with van der Waals surface area (Å²) in [5.41, 5.74) is 1.04. The van der Waals surface area contributed by atoms with Crippen LogP contribution in [-0.2, 0) is 9.53 Å². The van der Waals surface area contributed by atoms with Gasteiger partial charge >= 0.3 is 5.97 Å². The van der Waals surface area contributed by atoms with Gasteiger partial charge in [-0.25, -0.2) is 0 Å². The van der Waals surface area contributed by atoms with E-state index in [0.717, 1.165) is 28.6 Å². The molecule has 0 heterocycles. The number of hydrogen-bond donors (Lipinski definition) is 0. The second-order valence-corrected chi connectivity index (χ2v) is 5.48. The Hall–Kier alpha value is -1.03. The lowest BCUT2D eigenvalue weighted by Gasteiger charge is -2.16. The van der Waals surface area contributed by atoms with Crippen LogP contribution in [0.4, 0.5) is 0 Å². The second kappa shape index (κ2) is 8.20. The maximum absolute atomic E-state index is 11.4. The molecule has 0 N–H and O–H groups in total. The number of halogens is 1. The highest BCUT2D eigenvalue weighted by atomic mass is 79.9. The SMILES string of the molecule is CCCCOc1ccc(Br)cc1[C@@H](C)CC(=O)OC. The number of benzene rings is 1. The molecule has 0 aliphatic rings. The molecule has 1 atom stereocenters. The normalized spacial score (nSPS) is 12.0. The van der Waals surface area contributed by atoms with E-state index in [4.69, 9.17) is 9.47 Å². The summed E-state index contributed by atoms with van der Waals surface area (Å²) in [5.74, 6) is 0.724. The minimum Gasteiger partial charge on any atom is -0.493 e. The molecule has 0 saturated heterocycles. The first-order valence-corrected chi connectivity index (χ1v) is 7.36. The fourth-order valence-corrected chi connectivity index (χ4v) is 2.18. The lowest BCUT2D eigenvalue weighted by atomic mass is 9.97. The van der Waals surface area contributed by atoms with Gasteiger partial charge in [-0.1, -0.05) is 36.2 Å². The minimum absolute atomic E-state index is 0.0709. The van der Waals surface area contributed by atoms with Gasteiger partial charge in [0.2, 0.25) is 0 Å². The number of carbonyl (C=O) groups is 1. The van der Waals surface area contributed by atoms with Gasteiger partial charge in [0.15, 0.2) is 0 Å². The van der Waals surface area contributed by atoms with Crippen molar-refractivity contribution >= 4 is 21.9 Å². The van der Waals surface area contributed by atoms with E-state index in [0.29, 0.717) is 13.0 Å². The number of esters is 1. The van der Waals surface area contributed by atoms with Gasteiger partial charge in [-0.15, -0.1) is 0 Å². The predicted octanol–water partition coefficient (Wildman–Crippen LogP) is 4.29. The molecule has 0 aromatic heterocycles. The molecule has 0 unspecified atom stereocenters. The largest absolute Gasteiger partial charge is 0.493 e. The quantitative estimate of drug-likeness (QED) is 0.553. The van der Waals surface area contributed by atoms with Crippen molar-refractivity contribution in [3.05, 3.63) is 28.2 Å². The molecule has 0 amide bonds. The Labute approximate surface area is 123 Å². The van der Waals surface area contributed by atoms with Crippen LogP contribution in [0.5, 0.6) is 5.75 Å². The van der Waals surface area contributed by atoms with Crippen molar-refractivity contribution in [2.75, 3.05) is 13.7 Å². The molecule has 0 radical (unpaired) electrons. The first-order chi connectivity index (χ1) is 9.08. The van der Waals surface area contributed by atoms with Crippen LogP contribution in [0.15, 0.2) is 22.7 Å². The van der Waals surface area contributed by atoms with Gasteiger partial charge < -0.3 is 9.47 Å². The van der Waals surface area contributed by atoms with Crippen LogP contribution in [0.25, 0.3) is 0 Å². The van der Waals surface area contributed by atoms with E-state index < -0.39 is 0 Å². The molecule has 0 aliphatic heterocycles. The first kappa shape index (κ1) is 16.0. The van der Waals surface area contributed by atoms with E-state index in [-0.39, 0.29) is 11.9 Å². The maximum Gasteiger partial charge on any atom is 0.306 e. The Balaban J connectivity index is 2.83. The Morgan fingerprint density at radius 3 is 2.79 bits per heavy atom. The van der Waals surface area contributed by atoms with Crippen LogP contribution >= 0.6 is 15.9 Å². The van der Waals surface area contributed by atoms with Gasteiger partial charge in [-0.2, -0.15) is 0 Å². The molecule has 0 saturated carbocycles. The van der Waals surface area contributed by atoms with Crippen molar-refractivity contribution in [2.45, 2.75) is 39.0 Å². The Morgan fingerprint density at radius 1 is 1.42 bits per heavy atom. The molecule has 19 heavy (non-hydrogen) atoms. The molecular weight excluding hydrogens is 308 g/mol. The maximum atomic E-state index is 11.4. The Kier molecular flexibility index (Phi) is 6.92. The van der Waals surface area contributed by atoms with E-state index >= 15 is 0 Å². The summed E-state index contributed by atoms with van der Waals surface area (Å²) in [6.07, 6.45) is 2.49. The second-order valence-electron chi connectivity index (χ2n) is 4.57. The third kappa shape index (κ3) is 5.23. The van der Waals surface area contributed by atoms with Gasteiger partial charge in [0.05, 0.1) is 20.1 Å². The standard InChI is InChI=1S/C15H21BrO3/c1-4-5-8-19-14-7-6-12(16)10-13(14)11(2)9-15(17)18-3/h6-7,10-11H,4-5,8-9H2,1-3H3/t11-/m0/s1. The Morgan fingerprint density at radius 2 is 2.16 bits per heavy atom. The van der Waals surface area contributed by atoms with E-state index in [9.17, 15) is 4.79 Å². The molecular formula is C15H21BrO3. The zero-order valence-corrected chi connectivity index (χ0v) is 13.3. The average molecular weight is 329 g/mol. The van der Waals surface area contributed by atoms with Crippen molar-refractivity contribution in [3.8, 4) is 5.75 Å². The molecule has 0 fully saturated rings. The predicted molar refractivity (Wildman–Crippen MR) is 79.6 cm³/mol. The van der Waals surface area contributed by atoms with Gasteiger partial charge in [0.1, 0.15) is 5.75 Å². The van der Waals surface area contributed by atoms with Gasteiger partial charge in [-0.05, 0) is 36.1 Å². The zero-order valence-electron chi connectivity index (χ0n) is 11.7. The Bertz CT molecular complexity index is 418. The summed E-state index contributed by atoms with van der Waals surface area (Å²) >= 11 is 3.46. The third-order valence-corrected chi connectivity index (χ3v) is 3.45. The van der Waals surface area contributed by atoms with E-state index in [1.165, 1.54) is 7.11 Å². The topological polar surface area (TPSA) is 35.5 Å². The molecule has 1 rings (SSSR count). The van der Waals surface area contributed by atoms with Crippen molar-refractivity contribution in [3.63, 3.8) is 0 Å². The number of carbonyl (C=O) groups excluding carboxylic acids is 1. The molecule has 0 bridgehead atoms. The smallest absolute Gasteiger partial charge is 0.306 e. The summed E-state index contributed by atoms with van der Waals surface area (Å²) in [5, 5.41) is 0. The van der Waals surface area contributed by atoms with E-state index in [1.807, 2.05) is 25.1 Å². The van der Waals surface area contributed by atoms with E-state index in [2.05, 4.69) is 22.9 Å². The van der Waals surface area contributed by atoms with Crippen LogP contribution < -0.4 is 4.74 Å². The third-order valence-electron chi connectivity index (χ3n) is 2.96. The van der Waals surface area contributed by atoms with Crippen LogP contribution in [0, 0.1) is 0 Å². The zero-order chi connectivity index (χ0) is 14.3. The molecule has 0 aliphatic carbocycles.